The highest BCUT2D eigenvalue weighted by Gasteiger charge is 1.90. The second-order valence-corrected chi connectivity index (χ2v) is 2.82. The third kappa shape index (κ3) is 2.38. The minimum Gasteiger partial charge on any atom is -0.0651 e. The third-order valence-corrected chi connectivity index (χ3v) is 1.85. The van der Waals surface area contributed by atoms with Crippen LogP contribution in [0.5, 0.6) is 0 Å². The van der Waals surface area contributed by atoms with Crippen LogP contribution < -0.4 is 0 Å². The Hall–Kier alpha value is -0.780. The highest BCUT2D eigenvalue weighted by molar-refractivity contribution is 5.22. The van der Waals surface area contributed by atoms with Gasteiger partial charge in [-0.3, -0.25) is 0 Å². The van der Waals surface area contributed by atoms with Crippen LogP contribution in [0.1, 0.15) is 24.5 Å². The summed E-state index contributed by atoms with van der Waals surface area (Å²) >= 11 is 0. The number of rotatable bonds is 3. The summed E-state index contributed by atoms with van der Waals surface area (Å²) in [6.07, 6.45) is 3.31. The lowest BCUT2D eigenvalue weighted by Gasteiger charge is -1.99. The fourth-order valence-corrected chi connectivity index (χ4v) is 1.16. The topological polar surface area (TPSA) is 0 Å². The molecular formula is C11H15. The third-order valence-electron chi connectivity index (χ3n) is 1.85. The first kappa shape index (κ1) is 8.32. The fraction of sp³-hybridized carbons (Fsp3) is 0.364. The highest BCUT2D eigenvalue weighted by atomic mass is 14.0. The normalized spacial score (nSPS) is 10.0. The van der Waals surface area contributed by atoms with Gasteiger partial charge in [-0.2, -0.15) is 0 Å². The molecule has 0 aliphatic heterocycles. The molecule has 0 saturated heterocycles. The number of aryl methyl sites for hydroxylation is 1. The van der Waals surface area contributed by atoms with Crippen molar-refractivity contribution in [2.75, 3.05) is 0 Å². The Morgan fingerprint density at radius 1 is 1.09 bits per heavy atom. The predicted octanol–water partition coefficient (Wildman–Crippen LogP) is 3.02. The highest BCUT2D eigenvalue weighted by Crippen LogP contribution is 2.06. The van der Waals surface area contributed by atoms with Crippen molar-refractivity contribution in [1.82, 2.24) is 0 Å². The van der Waals surface area contributed by atoms with E-state index in [1.165, 1.54) is 24.0 Å². The summed E-state index contributed by atoms with van der Waals surface area (Å²) < 4.78 is 0. The van der Waals surface area contributed by atoms with Gasteiger partial charge in [0.05, 0.1) is 0 Å². The molecule has 0 unspecified atom stereocenters. The van der Waals surface area contributed by atoms with Crippen LogP contribution in [0.25, 0.3) is 0 Å². The summed E-state index contributed by atoms with van der Waals surface area (Å²) in [5, 5.41) is 0. The molecule has 0 bridgehead atoms. The van der Waals surface area contributed by atoms with Crippen LogP contribution in [0.2, 0.25) is 0 Å². The summed E-state index contributed by atoms with van der Waals surface area (Å²) in [5.41, 5.74) is 2.76. The van der Waals surface area contributed by atoms with Crippen LogP contribution in [0, 0.1) is 6.92 Å². The standard InChI is InChI=1S/C11H15/c1-3-5-11-8-6-10(4-2)7-9-11/h6-9H,2-5H2,1H3. The van der Waals surface area contributed by atoms with Gasteiger partial charge in [-0.25, -0.2) is 0 Å². The Morgan fingerprint density at radius 3 is 2.09 bits per heavy atom. The van der Waals surface area contributed by atoms with E-state index >= 15 is 0 Å². The van der Waals surface area contributed by atoms with Crippen LogP contribution in [0.3, 0.4) is 0 Å². The van der Waals surface area contributed by atoms with Gasteiger partial charge in [-0.1, -0.05) is 37.6 Å². The first-order valence-corrected chi connectivity index (χ1v) is 4.24. The van der Waals surface area contributed by atoms with E-state index in [1.54, 1.807) is 0 Å². The van der Waals surface area contributed by atoms with Gasteiger partial charge in [0.15, 0.2) is 0 Å². The lowest BCUT2D eigenvalue weighted by molar-refractivity contribution is 0.920. The maximum atomic E-state index is 3.83. The van der Waals surface area contributed by atoms with Crippen molar-refractivity contribution >= 4 is 0 Å². The zero-order chi connectivity index (χ0) is 8.10. The fourth-order valence-electron chi connectivity index (χ4n) is 1.16. The van der Waals surface area contributed by atoms with E-state index in [2.05, 4.69) is 38.1 Å². The minimum absolute atomic E-state index is 0.895. The average Bonchev–Trinajstić information content (AvgIpc) is 2.07. The van der Waals surface area contributed by atoms with Crippen molar-refractivity contribution in [1.29, 1.82) is 0 Å². The molecule has 0 aromatic heterocycles. The molecule has 0 atom stereocenters. The molecule has 0 heteroatoms. The molecule has 1 aromatic rings. The Bertz CT molecular complexity index is 196. The van der Waals surface area contributed by atoms with Crippen molar-refractivity contribution in [2.24, 2.45) is 0 Å². The summed E-state index contributed by atoms with van der Waals surface area (Å²) in [7, 11) is 0. The number of hydrogen-bond acceptors (Lipinski definition) is 0. The lowest BCUT2D eigenvalue weighted by atomic mass is 10.1. The Kier molecular flexibility index (Phi) is 3.15. The Balaban J connectivity index is 2.66. The van der Waals surface area contributed by atoms with Gasteiger partial charge in [0.2, 0.25) is 0 Å². The average molecular weight is 147 g/mol. The summed E-state index contributed by atoms with van der Waals surface area (Å²) in [6, 6.07) is 8.73. The molecule has 0 heterocycles. The second-order valence-electron chi connectivity index (χ2n) is 2.82. The molecule has 1 rings (SSSR count). The molecular weight excluding hydrogens is 132 g/mol. The molecule has 1 radical (unpaired) electrons. The van der Waals surface area contributed by atoms with E-state index in [0.717, 1.165) is 6.42 Å². The maximum Gasteiger partial charge on any atom is -0.0279 e. The van der Waals surface area contributed by atoms with Crippen LogP contribution in [0.4, 0.5) is 0 Å². The smallest absolute Gasteiger partial charge is 0.0279 e. The molecule has 0 spiro atoms. The molecule has 0 aliphatic rings. The van der Waals surface area contributed by atoms with E-state index in [-0.39, 0.29) is 0 Å². The molecule has 0 amide bonds. The van der Waals surface area contributed by atoms with Crippen molar-refractivity contribution in [3.63, 3.8) is 0 Å². The number of benzene rings is 1. The largest absolute Gasteiger partial charge is 0.0651 e. The Morgan fingerprint density at radius 2 is 1.64 bits per heavy atom. The Labute approximate surface area is 69.3 Å². The molecule has 0 nitrogen and oxygen atoms in total. The van der Waals surface area contributed by atoms with Crippen LogP contribution in [-0.4, -0.2) is 0 Å². The van der Waals surface area contributed by atoms with Crippen molar-refractivity contribution < 1.29 is 0 Å². The van der Waals surface area contributed by atoms with Crippen LogP contribution >= 0.6 is 0 Å². The SMILES string of the molecule is [CH2]Cc1ccc(CCC)cc1. The monoisotopic (exact) mass is 147 g/mol. The zero-order valence-electron chi connectivity index (χ0n) is 7.14. The summed E-state index contributed by atoms with van der Waals surface area (Å²) in [5.74, 6) is 0. The molecule has 11 heavy (non-hydrogen) atoms. The van der Waals surface area contributed by atoms with Gasteiger partial charge in [0, 0.05) is 0 Å². The molecule has 0 fully saturated rings. The van der Waals surface area contributed by atoms with E-state index in [1.807, 2.05) is 0 Å². The number of hydrogen-bond donors (Lipinski definition) is 0. The van der Waals surface area contributed by atoms with Gasteiger partial charge in [0.1, 0.15) is 0 Å². The van der Waals surface area contributed by atoms with Crippen LogP contribution in [0.15, 0.2) is 24.3 Å². The van der Waals surface area contributed by atoms with Crippen molar-refractivity contribution in [2.45, 2.75) is 26.2 Å². The molecule has 0 N–H and O–H groups in total. The van der Waals surface area contributed by atoms with Crippen molar-refractivity contribution in [3.8, 4) is 0 Å². The van der Waals surface area contributed by atoms with Gasteiger partial charge in [-0.15, -0.1) is 0 Å². The second kappa shape index (κ2) is 4.17. The van der Waals surface area contributed by atoms with E-state index in [0.29, 0.717) is 0 Å². The molecule has 1 aromatic carbocycles. The maximum absolute atomic E-state index is 3.83. The summed E-state index contributed by atoms with van der Waals surface area (Å²) in [4.78, 5) is 0. The first-order chi connectivity index (χ1) is 5.36. The van der Waals surface area contributed by atoms with Gasteiger partial charge >= 0.3 is 0 Å². The molecule has 0 aliphatic carbocycles. The van der Waals surface area contributed by atoms with E-state index in [9.17, 15) is 0 Å². The van der Waals surface area contributed by atoms with Crippen molar-refractivity contribution in [3.05, 3.63) is 42.3 Å². The van der Waals surface area contributed by atoms with Gasteiger partial charge in [-0.05, 0) is 30.9 Å². The van der Waals surface area contributed by atoms with E-state index in [4.69, 9.17) is 0 Å². The van der Waals surface area contributed by atoms with E-state index < -0.39 is 0 Å². The summed E-state index contributed by atoms with van der Waals surface area (Å²) in [6.45, 7) is 6.04. The minimum atomic E-state index is 0.895. The molecule has 59 valence electrons. The first-order valence-electron chi connectivity index (χ1n) is 4.24. The van der Waals surface area contributed by atoms with Gasteiger partial charge < -0.3 is 0 Å². The van der Waals surface area contributed by atoms with Gasteiger partial charge in [0.25, 0.3) is 0 Å². The predicted molar refractivity (Wildman–Crippen MR) is 49.5 cm³/mol. The lowest BCUT2D eigenvalue weighted by Crippen LogP contribution is -1.84. The zero-order valence-corrected chi connectivity index (χ0v) is 7.14. The van der Waals surface area contributed by atoms with Crippen LogP contribution in [-0.2, 0) is 12.8 Å². The quantitative estimate of drug-likeness (QED) is 0.616. The molecule has 0 saturated carbocycles.